The van der Waals surface area contributed by atoms with Gasteiger partial charge >= 0.3 is 0 Å². The van der Waals surface area contributed by atoms with E-state index >= 15 is 0 Å². The minimum Gasteiger partial charge on any atom is -0.507 e. The van der Waals surface area contributed by atoms with E-state index in [1.807, 2.05) is 79.9 Å². The number of nitrogens with two attached hydrogens (primary N) is 1. The van der Waals surface area contributed by atoms with Gasteiger partial charge in [-0.15, -0.1) is 17.0 Å². The molecule has 1 heterocycles. The molecule has 4 N–H and O–H groups in total. The van der Waals surface area contributed by atoms with Gasteiger partial charge in [-0.3, -0.25) is 15.0 Å². The lowest BCUT2D eigenvalue weighted by Crippen LogP contribution is -2.28. The highest BCUT2D eigenvalue weighted by Gasteiger charge is 2.25. The van der Waals surface area contributed by atoms with Crippen molar-refractivity contribution in [3.63, 3.8) is 0 Å². The van der Waals surface area contributed by atoms with Gasteiger partial charge in [-0.2, -0.15) is 0 Å². The van der Waals surface area contributed by atoms with Crippen LogP contribution in [0.4, 0.5) is 0 Å². The fourth-order valence-electron chi connectivity index (χ4n) is 4.17. The van der Waals surface area contributed by atoms with E-state index in [4.69, 9.17) is 11.1 Å². The topological polar surface area (TPSA) is 114 Å². The number of benzene rings is 3. The van der Waals surface area contributed by atoms with E-state index in [0.717, 1.165) is 16.6 Å². The van der Waals surface area contributed by atoms with Crippen molar-refractivity contribution in [3.05, 3.63) is 94.6 Å². The minimum atomic E-state index is -0.800. The Labute approximate surface area is 214 Å². The highest BCUT2D eigenvalue weighted by atomic mass is 79.9. The molecule has 0 aliphatic carbocycles. The Hall–Kier alpha value is -3.65. The first-order chi connectivity index (χ1) is 16.1. The second-order valence-electron chi connectivity index (χ2n) is 9.43. The average Bonchev–Trinajstić information content (AvgIpc) is 3.05. The number of imidazole rings is 1. The lowest BCUT2D eigenvalue weighted by atomic mass is 9.83. The van der Waals surface area contributed by atoms with Crippen LogP contribution in [0.2, 0.25) is 0 Å². The molecule has 0 fully saturated rings. The minimum absolute atomic E-state index is 0. The maximum absolute atomic E-state index is 13.4. The van der Waals surface area contributed by atoms with Gasteiger partial charge in [0.2, 0.25) is 5.62 Å². The number of fused-ring (bicyclic) bond motifs is 1. The van der Waals surface area contributed by atoms with Crippen LogP contribution in [0.15, 0.2) is 66.7 Å². The molecule has 0 aliphatic heterocycles. The van der Waals surface area contributed by atoms with Gasteiger partial charge in [0.15, 0.2) is 5.78 Å². The third-order valence-corrected chi connectivity index (χ3v) is 5.97. The van der Waals surface area contributed by atoms with Crippen LogP contribution < -0.4 is 11.4 Å². The molecule has 0 atom stereocenters. The Bertz CT molecular complexity index is 1460. The van der Waals surface area contributed by atoms with Crippen molar-refractivity contribution < 1.29 is 14.7 Å². The number of hydrogen-bond donors (Lipinski definition) is 3. The van der Waals surface area contributed by atoms with Crippen molar-refractivity contribution in [1.29, 1.82) is 5.41 Å². The van der Waals surface area contributed by atoms with Gasteiger partial charge in [0.1, 0.15) is 5.75 Å². The summed E-state index contributed by atoms with van der Waals surface area (Å²) in [6.45, 7) is 6.06. The second kappa shape index (κ2) is 9.92. The molecule has 4 aromatic rings. The molecule has 0 bridgehead atoms. The van der Waals surface area contributed by atoms with Gasteiger partial charge in [-0.25, -0.2) is 0 Å². The number of aromatic nitrogens is 2. The van der Waals surface area contributed by atoms with E-state index in [1.165, 1.54) is 6.07 Å². The monoisotopic (exact) mass is 536 g/mol. The third kappa shape index (κ3) is 5.07. The van der Waals surface area contributed by atoms with Crippen LogP contribution >= 0.6 is 17.0 Å². The number of Topliss-reactive ketones (excluding diaryl/α,β-unsaturated/α-hetero) is 1. The van der Waals surface area contributed by atoms with E-state index in [2.05, 4.69) is 0 Å². The summed E-state index contributed by atoms with van der Waals surface area (Å²) in [6.07, 6.45) is 0. The van der Waals surface area contributed by atoms with Crippen LogP contribution in [0.5, 0.6) is 5.75 Å². The molecule has 0 saturated heterocycles. The van der Waals surface area contributed by atoms with Gasteiger partial charge in [-0.05, 0) is 35.2 Å². The van der Waals surface area contributed by atoms with Gasteiger partial charge in [0, 0.05) is 11.1 Å². The number of primary amides is 1. The van der Waals surface area contributed by atoms with E-state index in [9.17, 15) is 14.7 Å². The molecule has 1 aromatic heterocycles. The highest BCUT2D eigenvalue weighted by Crippen LogP contribution is 2.34. The number of amides is 1. The number of halogens is 1. The standard InChI is InChI=1S/C27H28N4O3.BrH/c1-27(2,3)20-14-18(13-19(24(20)33)25(28)34)23(32)16-31-22-12-8-7-11-21(22)30(26(31)29)15-17-9-5-4-6-10-17;/h4-14,29,33H,15-16H2,1-3H3,(H2,28,34);1H. The first-order valence-electron chi connectivity index (χ1n) is 11.0. The number of aromatic hydroxyl groups is 1. The predicted octanol–water partition coefficient (Wildman–Crippen LogP) is 4.53. The summed E-state index contributed by atoms with van der Waals surface area (Å²) in [7, 11) is 0. The number of hydrogen-bond acceptors (Lipinski definition) is 4. The van der Waals surface area contributed by atoms with Crippen LogP contribution in [0, 0.1) is 5.41 Å². The van der Waals surface area contributed by atoms with Crippen molar-refractivity contribution in [3.8, 4) is 5.75 Å². The first-order valence-corrected chi connectivity index (χ1v) is 11.0. The zero-order valence-corrected chi connectivity index (χ0v) is 21.6. The molecule has 7 nitrogen and oxygen atoms in total. The molecule has 0 saturated carbocycles. The molecule has 4 rings (SSSR count). The molecule has 0 aliphatic rings. The van der Waals surface area contributed by atoms with Crippen molar-refractivity contribution in [1.82, 2.24) is 9.13 Å². The third-order valence-electron chi connectivity index (χ3n) is 5.97. The van der Waals surface area contributed by atoms with Crippen molar-refractivity contribution in [2.75, 3.05) is 0 Å². The number of para-hydroxylation sites is 2. The zero-order chi connectivity index (χ0) is 24.6. The van der Waals surface area contributed by atoms with Crippen LogP contribution in [-0.2, 0) is 18.5 Å². The number of carbonyl (C=O) groups is 2. The van der Waals surface area contributed by atoms with E-state index < -0.39 is 11.3 Å². The number of rotatable bonds is 6. The molecule has 1 amide bonds. The van der Waals surface area contributed by atoms with Gasteiger partial charge in [0.05, 0.1) is 29.7 Å². The number of nitrogens with one attached hydrogen (secondary N) is 1. The number of ketones is 1. The molecule has 3 aromatic carbocycles. The summed E-state index contributed by atoms with van der Waals surface area (Å²) in [5.41, 5.74) is 8.48. The zero-order valence-electron chi connectivity index (χ0n) is 19.9. The van der Waals surface area contributed by atoms with Gasteiger partial charge < -0.3 is 20.0 Å². The smallest absolute Gasteiger partial charge is 0.252 e. The molecular formula is C27H29BrN4O3. The van der Waals surface area contributed by atoms with Crippen molar-refractivity contribution in [2.24, 2.45) is 5.73 Å². The Morgan fingerprint density at radius 2 is 1.51 bits per heavy atom. The fraction of sp³-hybridized carbons (Fsp3) is 0.222. The quantitative estimate of drug-likeness (QED) is 0.314. The molecule has 0 spiro atoms. The normalized spacial score (nSPS) is 11.3. The van der Waals surface area contributed by atoms with Gasteiger partial charge in [0.25, 0.3) is 5.91 Å². The lowest BCUT2D eigenvalue weighted by molar-refractivity contribution is 0.0971. The molecular weight excluding hydrogens is 508 g/mol. The van der Waals surface area contributed by atoms with Crippen molar-refractivity contribution in [2.45, 2.75) is 39.3 Å². The van der Waals surface area contributed by atoms with Crippen molar-refractivity contribution >= 4 is 39.7 Å². The molecule has 182 valence electrons. The maximum atomic E-state index is 13.4. The first kappa shape index (κ1) is 26.0. The Morgan fingerprint density at radius 3 is 2.09 bits per heavy atom. The summed E-state index contributed by atoms with van der Waals surface area (Å²) in [6, 6.07) is 20.4. The molecule has 0 radical (unpaired) electrons. The summed E-state index contributed by atoms with van der Waals surface area (Å²) < 4.78 is 3.53. The summed E-state index contributed by atoms with van der Waals surface area (Å²) >= 11 is 0. The van der Waals surface area contributed by atoms with E-state index in [1.54, 1.807) is 10.6 Å². The average molecular weight is 537 g/mol. The Kier molecular flexibility index (Phi) is 7.36. The van der Waals surface area contributed by atoms with Crippen LogP contribution in [0.3, 0.4) is 0 Å². The SMILES string of the molecule is Br.CC(C)(C)c1cc(C(=O)Cn2c(=N)n(Cc3ccccc3)c3ccccc32)cc(C(N)=O)c1O. The fourth-order valence-corrected chi connectivity index (χ4v) is 4.17. The number of phenols is 1. The molecule has 35 heavy (non-hydrogen) atoms. The highest BCUT2D eigenvalue weighted by molar-refractivity contribution is 8.93. The summed E-state index contributed by atoms with van der Waals surface area (Å²) in [5.74, 6) is -1.29. The summed E-state index contributed by atoms with van der Waals surface area (Å²) in [5, 5.41) is 19.4. The predicted molar refractivity (Wildman–Crippen MR) is 141 cm³/mol. The summed E-state index contributed by atoms with van der Waals surface area (Å²) in [4.78, 5) is 25.3. The van der Waals surface area contributed by atoms with Crippen LogP contribution in [0.1, 0.15) is 52.6 Å². The maximum Gasteiger partial charge on any atom is 0.252 e. The molecule has 0 unspecified atom stereocenters. The molecule has 8 heteroatoms. The Balaban J connectivity index is 0.00000342. The van der Waals surface area contributed by atoms with E-state index in [0.29, 0.717) is 12.1 Å². The van der Waals surface area contributed by atoms with Crippen LogP contribution in [-0.4, -0.2) is 25.9 Å². The Morgan fingerprint density at radius 1 is 0.943 bits per heavy atom. The van der Waals surface area contributed by atoms with Gasteiger partial charge in [-0.1, -0.05) is 63.2 Å². The van der Waals surface area contributed by atoms with E-state index in [-0.39, 0.29) is 51.8 Å². The number of carbonyl (C=O) groups excluding carboxylic acids is 2. The number of nitrogens with zero attached hydrogens (tertiary/aromatic N) is 2. The van der Waals surface area contributed by atoms with Crippen LogP contribution in [0.25, 0.3) is 11.0 Å². The largest absolute Gasteiger partial charge is 0.507 e. The second-order valence-corrected chi connectivity index (χ2v) is 9.43. The lowest BCUT2D eigenvalue weighted by Gasteiger charge is -2.22.